The van der Waals surface area contributed by atoms with E-state index in [1.165, 1.54) is 36.4 Å². The Morgan fingerprint density at radius 2 is 1.75 bits per heavy atom. The summed E-state index contributed by atoms with van der Waals surface area (Å²) in [7, 11) is 0. The first-order valence-corrected chi connectivity index (χ1v) is 10.1. The van der Waals surface area contributed by atoms with Crippen LogP contribution in [0.5, 0.6) is 0 Å². The Balaban J connectivity index is 1.88. The highest BCUT2D eigenvalue weighted by Gasteiger charge is 2.43. The molecule has 4 nitrogen and oxygen atoms in total. The van der Waals surface area contributed by atoms with Gasteiger partial charge in [0, 0.05) is 34.9 Å². The maximum atomic E-state index is 14.1. The van der Waals surface area contributed by atoms with E-state index in [-0.39, 0.29) is 34.6 Å². The van der Waals surface area contributed by atoms with Crippen LogP contribution in [-0.4, -0.2) is 11.7 Å². The van der Waals surface area contributed by atoms with Crippen LogP contribution in [-0.2, 0) is 15.8 Å². The minimum Gasteiger partial charge on any atom is -0.362 e. The second kappa shape index (κ2) is 8.26. The van der Waals surface area contributed by atoms with Crippen molar-refractivity contribution in [2.24, 2.45) is 0 Å². The molecule has 0 aromatic heterocycles. The van der Waals surface area contributed by atoms with Crippen molar-refractivity contribution in [3.63, 3.8) is 0 Å². The average Bonchev–Trinajstić information content (AvgIpc) is 2.74. The number of ketones is 1. The molecule has 0 bridgehead atoms. The lowest BCUT2D eigenvalue weighted by Gasteiger charge is -2.35. The van der Waals surface area contributed by atoms with Gasteiger partial charge in [-0.25, -0.2) is 4.39 Å². The number of benzene rings is 2. The molecule has 0 saturated heterocycles. The van der Waals surface area contributed by atoms with E-state index in [4.69, 9.17) is 0 Å². The van der Waals surface area contributed by atoms with Crippen LogP contribution in [0.2, 0.25) is 0 Å². The summed E-state index contributed by atoms with van der Waals surface area (Å²) in [6.45, 7) is 1.57. The molecule has 0 radical (unpaired) electrons. The Morgan fingerprint density at radius 1 is 1.06 bits per heavy atom. The Kier molecular flexibility index (Phi) is 5.62. The van der Waals surface area contributed by atoms with E-state index in [0.29, 0.717) is 24.2 Å². The lowest BCUT2D eigenvalue weighted by molar-refractivity contribution is -0.138. The summed E-state index contributed by atoms with van der Waals surface area (Å²) in [6, 6.07) is 10.4. The summed E-state index contributed by atoms with van der Waals surface area (Å²) < 4.78 is 55.7. The zero-order valence-electron chi connectivity index (χ0n) is 17.1. The van der Waals surface area contributed by atoms with Crippen molar-refractivity contribution in [1.29, 1.82) is 0 Å². The predicted octanol–water partition coefficient (Wildman–Crippen LogP) is 5.45. The van der Waals surface area contributed by atoms with Gasteiger partial charge in [-0.1, -0.05) is 30.3 Å². The van der Waals surface area contributed by atoms with Gasteiger partial charge in [0.1, 0.15) is 5.82 Å². The molecule has 32 heavy (non-hydrogen) atoms. The summed E-state index contributed by atoms with van der Waals surface area (Å²) >= 11 is 0. The van der Waals surface area contributed by atoms with Crippen molar-refractivity contribution >= 4 is 17.4 Å². The van der Waals surface area contributed by atoms with E-state index < -0.39 is 29.4 Å². The average molecular weight is 444 g/mol. The van der Waals surface area contributed by atoms with Crippen LogP contribution >= 0.6 is 0 Å². The van der Waals surface area contributed by atoms with Crippen molar-refractivity contribution in [2.45, 2.75) is 38.3 Å². The SMILES string of the molecule is CC1=C(C(=O)Nc2ccccc2F)C(c2ccccc2C(F)(F)F)C2=C(CCCC2=O)N1. The highest BCUT2D eigenvalue weighted by Crippen LogP contribution is 2.46. The number of carbonyl (C=O) groups excluding carboxylic acids is 2. The summed E-state index contributed by atoms with van der Waals surface area (Å²) in [5.41, 5.74) is -0.215. The van der Waals surface area contributed by atoms with Gasteiger partial charge in [-0.15, -0.1) is 0 Å². The van der Waals surface area contributed by atoms with Crippen LogP contribution in [0.3, 0.4) is 0 Å². The molecule has 1 unspecified atom stereocenters. The molecular weight excluding hydrogens is 424 g/mol. The van der Waals surface area contributed by atoms with Gasteiger partial charge in [-0.05, 0) is 43.5 Å². The molecule has 1 aliphatic carbocycles. The predicted molar refractivity (Wildman–Crippen MR) is 111 cm³/mol. The number of carbonyl (C=O) groups is 2. The highest BCUT2D eigenvalue weighted by molar-refractivity contribution is 6.09. The number of hydrogen-bond acceptors (Lipinski definition) is 3. The second-order valence-electron chi connectivity index (χ2n) is 7.78. The Hall–Kier alpha value is -3.42. The van der Waals surface area contributed by atoms with Crippen LogP contribution in [0.4, 0.5) is 23.2 Å². The number of anilines is 1. The van der Waals surface area contributed by atoms with Gasteiger partial charge in [-0.3, -0.25) is 9.59 Å². The number of para-hydroxylation sites is 1. The summed E-state index contributed by atoms with van der Waals surface area (Å²) in [6.07, 6.45) is -3.43. The van der Waals surface area contributed by atoms with Gasteiger partial charge >= 0.3 is 6.18 Å². The number of rotatable bonds is 3. The standard InChI is InChI=1S/C24H20F4N2O2/c1-13-20(23(32)30-17-10-5-4-9-16(17)25)21(22-18(29-13)11-6-12-19(22)31)14-7-2-3-8-15(14)24(26,27)28/h2-5,7-10,21,29H,6,11-12H2,1H3,(H,30,32). The van der Waals surface area contributed by atoms with Crippen LogP contribution in [0.25, 0.3) is 0 Å². The van der Waals surface area contributed by atoms with Gasteiger partial charge in [0.25, 0.3) is 5.91 Å². The first kappa shape index (κ1) is 21.8. The Morgan fingerprint density at radius 3 is 2.47 bits per heavy atom. The van der Waals surface area contributed by atoms with Crippen molar-refractivity contribution in [3.8, 4) is 0 Å². The van der Waals surface area contributed by atoms with Gasteiger partial charge in [0.05, 0.1) is 11.3 Å². The van der Waals surface area contributed by atoms with Crippen molar-refractivity contribution in [1.82, 2.24) is 5.32 Å². The molecule has 166 valence electrons. The fourth-order valence-corrected chi connectivity index (χ4v) is 4.35. The Labute approximate surface area is 182 Å². The molecule has 1 heterocycles. The molecule has 0 spiro atoms. The summed E-state index contributed by atoms with van der Waals surface area (Å²) in [4.78, 5) is 26.1. The molecule has 0 fully saturated rings. The molecule has 8 heteroatoms. The smallest absolute Gasteiger partial charge is 0.362 e. The third-order valence-electron chi connectivity index (χ3n) is 5.72. The number of alkyl halides is 3. The normalized spacial score (nSPS) is 18.9. The molecule has 2 aromatic carbocycles. The molecular formula is C24H20F4N2O2. The molecule has 2 N–H and O–H groups in total. The molecule has 1 amide bonds. The fourth-order valence-electron chi connectivity index (χ4n) is 4.35. The number of dihydropyridines is 1. The minimum absolute atomic E-state index is 0.0426. The maximum Gasteiger partial charge on any atom is 0.416 e. The fraction of sp³-hybridized carbons (Fsp3) is 0.250. The summed E-state index contributed by atoms with van der Waals surface area (Å²) in [5, 5.41) is 5.49. The third-order valence-corrected chi connectivity index (χ3v) is 5.72. The van der Waals surface area contributed by atoms with Crippen molar-refractivity contribution in [2.75, 3.05) is 5.32 Å². The van der Waals surface area contributed by atoms with Gasteiger partial charge in [0.15, 0.2) is 5.78 Å². The van der Waals surface area contributed by atoms with Gasteiger partial charge < -0.3 is 10.6 Å². The molecule has 2 aromatic rings. The highest BCUT2D eigenvalue weighted by atomic mass is 19.4. The van der Waals surface area contributed by atoms with Crippen LogP contribution in [0, 0.1) is 5.82 Å². The molecule has 4 rings (SSSR count). The largest absolute Gasteiger partial charge is 0.416 e. The number of halogens is 4. The topological polar surface area (TPSA) is 58.2 Å². The van der Waals surface area contributed by atoms with Crippen molar-refractivity contribution in [3.05, 3.63) is 88.0 Å². The second-order valence-corrected chi connectivity index (χ2v) is 7.78. The summed E-state index contributed by atoms with van der Waals surface area (Å²) in [5.74, 6) is -2.97. The van der Waals surface area contributed by atoms with E-state index >= 15 is 0 Å². The molecule has 1 aliphatic heterocycles. The van der Waals surface area contributed by atoms with Gasteiger partial charge in [0.2, 0.25) is 0 Å². The van der Waals surface area contributed by atoms with E-state index in [2.05, 4.69) is 10.6 Å². The minimum atomic E-state index is -4.68. The lowest BCUT2D eigenvalue weighted by Crippen LogP contribution is -2.36. The van der Waals surface area contributed by atoms with E-state index in [0.717, 1.165) is 12.1 Å². The van der Waals surface area contributed by atoms with Crippen LogP contribution < -0.4 is 10.6 Å². The number of amides is 1. The number of nitrogens with one attached hydrogen (secondary N) is 2. The van der Waals surface area contributed by atoms with Crippen LogP contribution in [0.1, 0.15) is 43.2 Å². The molecule has 1 atom stereocenters. The third kappa shape index (κ3) is 3.92. The molecule has 2 aliphatic rings. The first-order chi connectivity index (χ1) is 15.2. The van der Waals surface area contributed by atoms with E-state index in [1.807, 2.05) is 0 Å². The number of hydrogen-bond donors (Lipinski definition) is 2. The van der Waals surface area contributed by atoms with Crippen LogP contribution in [0.15, 0.2) is 71.1 Å². The first-order valence-electron chi connectivity index (χ1n) is 10.1. The zero-order valence-corrected chi connectivity index (χ0v) is 17.1. The maximum absolute atomic E-state index is 14.1. The quantitative estimate of drug-likeness (QED) is 0.619. The van der Waals surface area contributed by atoms with E-state index in [1.54, 1.807) is 6.92 Å². The monoisotopic (exact) mass is 444 g/mol. The zero-order chi connectivity index (χ0) is 23.0. The number of allylic oxidation sites excluding steroid dienone is 3. The number of Topliss-reactive ketones (excluding diaryl/α,β-unsaturated/α-hetero) is 1. The lowest BCUT2D eigenvalue weighted by atomic mass is 9.73. The Bertz CT molecular complexity index is 1160. The van der Waals surface area contributed by atoms with Gasteiger partial charge in [-0.2, -0.15) is 13.2 Å². The van der Waals surface area contributed by atoms with E-state index in [9.17, 15) is 27.2 Å². The van der Waals surface area contributed by atoms with Crippen molar-refractivity contribution < 1.29 is 27.2 Å². The molecule has 0 saturated carbocycles.